The number of carbonyl (C=O) groups is 2. The molecule has 1 saturated heterocycles. The van der Waals surface area contributed by atoms with Crippen LogP contribution in [0.4, 0.5) is 0 Å². The third-order valence-corrected chi connectivity index (χ3v) is 3.59. The minimum absolute atomic E-state index is 0.0599. The SMILES string of the molecule is COC(=O)C1CC(=O)N(Cc2cccc(OC)c2OC)C1. The van der Waals surface area contributed by atoms with Crippen LogP contribution in [-0.4, -0.2) is 44.7 Å². The maximum absolute atomic E-state index is 12.0. The lowest BCUT2D eigenvalue weighted by atomic mass is 10.1. The fourth-order valence-electron chi connectivity index (χ4n) is 2.53. The van der Waals surface area contributed by atoms with Crippen molar-refractivity contribution in [1.29, 1.82) is 0 Å². The predicted molar refractivity (Wildman–Crippen MR) is 75.1 cm³/mol. The van der Waals surface area contributed by atoms with E-state index < -0.39 is 0 Å². The number of amides is 1. The highest BCUT2D eigenvalue weighted by atomic mass is 16.5. The number of esters is 1. The van der Waals surface area contributed by atoms with Gasteiger partial charge in [0.15, 0.2) is 11.5 Å². The molecule has 0 aromatic heterocycles. The normalized spacial score (nSPS) is 17.8. The van der Waals surface area contributed by atoms with Gasteiger partial charge in [-0.3, -0.25) is 9.59 Å². The zero-order valence-corrected chi connectivity index (χ0v) is 12.4. The Hall–Kier alpha value is -2.24. The number of methoxy groups -OCH3 is 3. The van der Waals surface area contributed by atoms with Crippen LogP contribution in [-0.2, 0) is 20.9 Å². The van der Waals surface area contributed by atoms with Crippen LogP contribution in [0.3, 0.4) is 0 Å². The van der Waals surface area contributed by atoms with Crippen LogP contribution >= 0.6 is 0 Å². The van der Waals surface area contributed by atoms with Gasteiger partial charge in [-0.2, -0.15) is 0 Å². The van der Waals surface area contributed by atoms with Crippen LogP contribution in [0, 0.1) is 5.92 Å². The van der Waals surface area contributed by atoms with E-state index in [1.807, 2.05) is 12.1 Å². The van der Waals surface area contributed by atoms with Gasteiger partial charge in [0.2, 0.25) is 5.91 Å². The summed E-state index contributed by atoms with van der Waals surface area (Å²) >= 11 is 0. The number of hydrogen-bond acceptors (Lipinski definition) is 5. The Kier molecular flexibility index (Phi) is 4.67. The lowest BCUT2D eigenvalue weighted by molar-refractivity contribution is -0.145. The molecule has 6 heteroatoms. The first kappa shape index (κ1) is 15.2. The average molecular weight is 293 g/mol. The van der Waals surface area contributed by atoms with Gasteiger partial charge >= 0.3 is 5.97 Å². The molecular formula is C15H19NO5. The molecule has 1 fully saturated rings. The van der Waals surface area contributed by atoms with Gasteiger partial charge in [-0.05, 0) is 6.07 Å². The molecule has 6 nitrogen and oxygen atoms in total. The Labute approximate surface area is 123 Å². The van der Waals surface area contributed by atoms with E-state index in [-0.39, 0.29) is 24.2 Å². The van der Waals surface area contributed by atoms with E-state index in [1.54, 1.807) is 25.2 Å². The predicted octanol–water partition coefficient (Wildman–Crippen LogP) is 1.23. The zero-order valence-electron chi connectivity index (χ0n) is 12.4. The summed E-state index contributed by atoms with van der Waals surface area (Å²) < 4.78 is 15.3. The Bertz CT molecular complexity index is 543. The van der Waals surface area contributed by atoms with Crippen LogP contribution in [0.25, 0.3) is 0 Å². The number of carbonyl (C=O) groups excluding carboxylic acids is 2. The Morgan fingerprint density at radius 2 is 2.05 bits per heavy atom. The molecule has 1 aromatic carbocycles. The van der Waals surface area contributed by atoms with E-state index in [0.29, 0.717) is 24.6 Å². The monoisotopic (exact) mass is 293 g/mol. The van der Waals surface area contributed by atoms with Gasteiger partial charge in [0.1, 0.15) is 0 Å². The van der Waals surface area contributed by atoms with E-state index >= 15 is 0 Å². The largest absolute Gasteiger partial charge is 0.493 e. The van der Waals surface area contributed by atoms with Gasteiger partial charge in [-0.25, -0.2) is 0 Å². The van der Waals surface area contributed by atoms with Gasteiger partial charge in [-0.1, -0.05) is 12.1 Å². The van der Waals surface area contributed by atoms with Crippen LogP contribution in [0.2, 0.25) is 0 Å². The molecule has 1 aliphatic rings. The first-order chi connectivity index (χ1) is 10.1. The second-order valence-corrected chi connectivity index (χ2v) is 4.85. The Morgan fingerprint density at radius 1 is 1.29 bits per heavy atom. The summed E-state index contributed by atoms with van der Waals surface area (Å²) in [6, 6.07) is 5.51. The lowest BCUT2D eigenvalue weighted by Gasteiger charge is -2.19. The standard InChI is InChI=1S/C15H19NO5/c1-19-12-6-4-5-10(14(12)20-2)8-16-9-11(7-13(16)17)15(18)21-3/h4-6,11H,7-9H2,1-3H3. The highest BCUT2D eigenvalue weighted by Gasteiger charge is 2.35. The van der Waals surface area contributed by atoms with Gasteiger partial charge in [0.05, 0.1) is 27.2 Å². The van der Waals surface area contributed by atoms with Crippen LogP contribution in [0.1, 0.15) is 12.0 Å². The molecule has 1 amide bonds. The van der Waals surface area contributed by atoms with Crippen molar-refractivity contribution in [3.05, 3.63) is 23.8 Å². The molecule has 1 aliphatic heterocycles. The molecule has 2 rings (SSSR count). The van der Waals surface area contributed by atoms with Crippen molar-refractivity contribution in [3.8, 4) is 11.5 Å². The van der Waals surface area contributed by atoms with Gasteiger partial charge in [-0.15, -0.1) is 0 Å². The number of hydrogen-bond donors (Lipinski definition) is 0. The van der Waals surface area contributed by atoms with Crippen molar-refractivity contribution < 1.29 is 23.8 Å². The molecule has 1 atom stereocenters. The zero-order chi connectivity index (χ0) is 15.4. The molecule has 0 saturated carbocycles. The fourth-order valence-corrected chi connectivity index (χ4v) is 2.53. The maximum Gasteiger partial charge on any atom is 0.310 e. The molecule has 0 aliphatic carbocycles. The minimum atomic E-state index is -0.390. The Balaban J connectivity index is 2.15. The summed E-state index contributed by atoms with van der Waals surface area (Å²) in [6.07, 6.45) is 0.193. The van der Waals surface area contributed by atoms with Gasteiger partial charge in [0.25, 0.3) is 0 Å². The number of nitrogens with zero attached hydrogens (tertiary/aromatic N) is 1. The second kappa shape index (κ2) is 6.47. The highest BCUT2D eigenvalue weighted by molar-refractivity contribution is 5.86. The Morgan fingerprint density at radius 3 is 2.67 bits per heavy atom. The van der Waals surface area contributed by atoms with Crippen LogP contribution in [0.5, 0.6) is 11.5 Å². The van der Waals surface area contributed by atoms with Crippen LogP contribution < -0.4 is 9.47 Å². The van der Waals surface area contributed by atoms with Gasteiger partial charge < -0.3 is 19.1 Å². The topological polar surface area (TPSA) is 65.1 Å². The molecule has 1 aromatic rings. The molecule has 114 valence electrons. The van der Waals surface area contributed by atoms with Crippen molar-refractivity contribution in [2.24, 2.45) is 5.92 Å². The minimum Gasteiger partial charge on any atom is -0.493 e. The summed E-state index contributed by atoms with van der Waals surface area (Å²) in [5.41, 5.74) is 0.843. The quantitative estimate of drug-likeness (QED) is 0.764. The average Bonchev–Trinajstić information content (AvgIpc) is 2.87. The van der Waals surface area contributed by atoms with E-state index in [2.05, 4.69) is 0 Å². The fraction of sp³-hybridized carbons (Fsp3) is 0.467. The third-order valence-electron chi connectivity index (χ3n) is 3.59. The molecular weight excluding hydrogens is 274 g/mol. The van der Waals surface area contributed by atoms with Gasteiger partial charge in [0, 0.05) is 25.1 Å². The number of likely N-dealkylation sites (tertiary alicyclic amines) is 1. The summed E-state index contributed by atoms with van der Waals surface area (Å²) in [5, 5.41) is 0. The molecule has 0 N–H and O–H groups in total. The molecule has 0 spiro atoms. The lowest BCUT2D eigenvalue weighted by Crippen LogP contribution is -2.26. The van der Waals surface area contributed by atoms with E-state index in [1.165, 1.54) is 7.11 Å². The van der Waals surface area contributed by atoms with Crippen molar-refractivity contribution in [1.82, 2.24) is 4.90 Å². The van der Waals surface area contributed by atoms with Crippen molar-refractivity contribution in [2.75, 3.05) is 27.9 Å². The summed E-state index contributed by atoms with van der Waals surface area (Å²) in [7, 11) is 4.46. The highest BCUT2D eigenvalue weighted by Crippen LogP contribution is 2.32. The van der Waals surface area contributed by atoms with E-state index in [4.69, 9.17) is 14.2 Å². The van der Waals surface area contributed by atoms with E-state index in [9.17, 15) is 9.59 Å². The first-order valence-corrected chi connectivity index (χ1v) is 6.66. The molecule has 1 heterocycles. The molecule has 0 radical (unpaired) electrons. The van der Waals surface area contributed by atoms with E-state index in [0.717, 1.165) is 5.56 Å². The van der Waals surface area contributed by atoms with Crippen molar-refractivity contribution >= 4 is 11.9 Å². The number of ether oxygens (including phenoxy) is 3. The summed E-state index contributed by atoms with van der Waals surface area (Å²) in [5.74, 6) is 0.429. The molecule has 0 bridgehead atoms. The summed E-state index contributed by atoms with van der Waals surface area (Å²) in [6.45, 7) is 0.749. The maximum atomic E-state index is 12.0. The van der Waals surface area contributed by atoms with Crippen LogP contribution in [0.15, 0.2) is 18.2 Å². The summed E-state index contributed by atoms with van der Waals surface area (Å²) in [4.78, 5) is 25.2. The first-order valence-electron chi connectivity index (χ1n) is 6.66. The molecule has 1 unspecified atom stereocenters. The van der Waals surface area contributed by atoms with Crippen molar-refractivity contribution in [2.45, 2.75) is 13.0 Å². The number of rotatable bonds is 5. The van der Waals surface area contributed by atoms with Crippen molar-refractivity contribution in [3.63, 3.8) is 0 Å². The molecule has 21 heavy (non-hydrogen) atoms. The smallest absolute Gasteiger partial charge is 0.310 e. The second-order valence-electron chi connectivity index (χ2n) is 4.85. The number of para-hydroxylation sites is 1. The number of benzene rings is 1. The third kappa shape index (κ3) is 3.09.